The molecule has 0 unspecified atom stereocenters. The Morgan fingerprint density at radius 1 is 1.21 bits per heavy atom. The fourth-order valence-electron chi connectivity index (χ4n) is 3.14. The minimum Gasteiger partial charge on any atom is -0.479 e. The molecule has 126 valence electrons. The predicted molar refractivity (Wildman–Crippen MR) is 86.2 cm³/mol. The molecule has 1 amide bonds. The zero-order valence-electron chi connectivity index (χ0n) is 13.3. The molecule has 0 aromatic carbocycles. The molecule has 0 spiro atoms. The first-order valence-electron chi connectivity index (χ1n) is 8.02. The van der Waals surface area contributed by atoms with Crippen LogP contribution in [-0.4, -0.2) is 49.7 Å². The van der Waals surface area contributed by atoms with E-state index in [0.29, 0.717) is 38.8 Å². The molecule has 0 bridgehead atoms. The zero-order chi connectivity index (χ0) is 17.0. The molecule has 0 aliphatic carbocycles. The van der Waals surface area contributed by atoms with Crippen molar-refractivity contribution in [2.75, 3.05) is 13.1 Å². The summed E-state index contributed by atoms with van der Waals surface area (Å²) in [6.45, 7) is 0.857. The third-order valence-corrected chi connectivity index (χ3v) is 4.63. The molecular weight excluding hydrogens is 308 g/mol. The van der Waals surface area contributed by atoms with Crippen LogP contribution in [0.15, 0.2) is 43.0 Å². The van der Waals surface area contributed by atoms with Gasteiger partial charge in [0.05, 0.1) is 0 Å². The van der Waals surface area contributed by atoms with Crippen molar-refractivity contribution in [1.29, 1.82) is 0 Å². The number of aryl methyl sites for hydroxylation is 1. The molecule has 24 heavy (non-hydrogen) atoms. The number of amides is 1. The maximum atomic E-state index is 12.4. The summed E-state index contributed by atoms with van der Waals surface area (Å²) < 4.78 is 1.51. The largest absolute Gasteiger partial charge is 0.479 e. The van der Waals surface area contributed by atoms with E-state index in [-0.39, 0.29) is 5.91 Å². The number of aliphatic carboxylic acids is 1. The Morgan fingerprint density at radius 3 is 2.58 bits per heavy atom. The second-order valence-electron chi connectivity index (χ2n) is 6.03. The van der Waals surface area contributed by atoms with Crippen molar-refractivity contribution in [2.24, 2.45) is 0 Å². The molecule has 2 aromatic heterocycles. The molecule has 1 aliphatic rings. The van der Waals surface area contributed by atoms with Crippen LogP contribution in [0.4, 0.5) is 0 Å². The summed E-state index contributed by atoms with van der Waals surface area (Å²) in [7, 11) is 0. The average Bonchev–Trinajstić information content (AvgIpc) is 3.15. The highest BCUT2D eigenvalue weighted by molar-refractivity contribution is 5.79. The van der Waals surface area contributed by atoms with E-state index < -0.39 is 11.5 Å². The summed E-state index contributed by atoms with van der Waals surface area (Å²) in [5, 5.41) is 13.8. The van der Waals surface area contributed by atoms with Gasteiger partial charge in [-0.25, -0.2) is 4.79 Å². The van der Waals surface area contributed by atoms with E-state index in [1.165, 1.54) is 4.68 Å². The van der Waals surface area contributed by atoms with Gasteiger partial charge in [-0.3, -0.25) is 14.5 Å². The summed E-state index contributed by atoms with van der Waals surface area (Å²) in [4.78, 5) is 30.0. The molecule has 0 saturated carbocycles. The van der Waals surface area contributed by atoms with Gasteiger partial charge in [-0.2, -0.15) is 5.10 Å². The standard InChI is InChI=1S/C17H20N4O3/c22-15(5-4-14-3-1-8-18-13-14)20-11-6-17(7-12-20,16(23)24)21-10-2-9-19-21/h1-3,8-10,13H,4-7,11-12H2,(H,23,24). The number of piperidine rings is 1. The van der Waals surface area contributed by atoms with E-state index in [9.17, 15) is 14.7 Å². The van der Waals surface area contributed by atoms with Crippen LogP contribution >= 0.6 is 0 Å². The summed E-state index contributed by atoms with van der Waals surface area (Å²) in [5.74, 6) is -0.841. The average molecular weight is 328 g/mol. The van der Waals surface area contributed by atoms with E-state index in [2.05, 4.69) is 10.1 Å². The van der Waals surface area contributed by atoms with Crippen molar-refractivity contribution in [1.82, 2.24) is 19.7 Å². The van der Waals surface area contributed by atoms with Gasteiger partial charge in [-0.05, 0) is 24.1 Å². The molecule has 7 heteroatoms. The minimum atomic E-state index is -1.05. The normalized spacial score (nSPS) is 16.8. The van der Waals surface area contributed by atoms with Crippen molar-refractivity contribution < 1.29 is 14.7 Å². The lowest BCUT2D eigenvalue weighted by atomic mass is 9.87. The molecule has 3 heterocycles. The lowest BCUT2D eigenvalue weighted by Crippen LogP contribution is -2.52. The predicted octanol–water partition coefficient (Wildman–Crippen LogP) is 1.31. The molecule has 1 saturated heterocycles. The first-order valence-corrected chi connectivity index (χ1v) is 8.02. The Bertz CT molecular complexity index is 692. The Kier molecular flexibility index (Phi) is 4.59. The van der Waals surface area contributed by atoms with Gasteiger partial charge in [0.25, 0.3) is 0 Å². The number of pyridine rings is 1. The second kappa shape index (κ2) is 6.82. The van der Waals surface area contributed by atoms with Gasteiger partial charge >= 0.3 is 5.97 Å². The van der Waals surface area contributed by atoms with Crippen molar-refractivity contribution in [3.8, 4) is 0 Å². The minimum absolute atomic E-state index is 0.0540. The quantitative estimate of drug-likeness (QED) is 0.894. The summed E-state index contributed by atoms with van der Waals surface area (Å²) >= 11 is 0. The highest BCUT2D eigenvalue weighted by atomic mass is 16.4. The van der Waals surface area contributed by atoms with E-state index in [1.54, 1.807) is 35.8 Å². The van der Waals surface area contributed by atoms with Gasteiger partial charge in [0, 0.05) is 57.1 Å². The zero-order valence-corrected chi connectivity index (χ0v) is 13.3. The third-order valence-electron chi connectivity index (χ3n) is 4.63. The van der Waals surface area contributed by atoms with Crippen LogP contribution in [0.1, 0.15) is 24.8 Å². The van der Waals surface area contributed by atoms with Gasteiger partial charge < -0.3 is 10.0 Å². The molecule has 3 rings (SSSR count). The molecule has 1 N–H and O–H groups in total. The molecule has 0 radical (unpaired) electrons. The number of rotatable bonds is 5. The molecule has 1 aliphatic heterocycles. The van der Waals surface area contributed by atoms with Gasteiger partial charge in [-0.15, -0.1) is 0 Å². The summed E-state index contributed by atoms with van der Waals surface area (Å²) in [5.41, 5.74) is -0.0248. The van der Waals surface area contributed by atoms with Crippen LogP contribution in [0, 0.1) is 0 Å². The number of hydrogen-bond acceptors (Lipinski definition) is 4. The Morgan fingerprint density at radius 2 is 2.00 bits per heavy atom. The van der Waals surface area contributed by atoms with Crippen LogP contribution < -0.4 is 0 Å². The topological polar surface area (TPSA) is 88.3 Å². The van der Waals surface area contributed by atoms with Crippen LogP contribution in [0.25, 0.3) is 0 Å². The van der Waals surface area contributed by atoms with Gasteiger partial charge in [-0.1, -0.05) is 6.07 Å². The number of carbonyl (C=O) groups is 2. The van der Waals surface area contributed by atoms with Crippen LogP contribution in [0.2, 0.25) is 0 Å². The Balaban J connectivity index is 1.59. The summed E-state index contributed by atoms with van der Waals surface area (Å²) in [6.07, 6.45) is 8.50. The smallest absolute Gasteiger partial charge is 0.331 e. The van der Waals surface area contributed by atoms with Crippen LogP contribution in [-0.2, 0) is 21.5 Å². The monoisotopic (exact) mass is 328 g/mol. The van der Waals surface area contributed by atoms with Gasteiger partial charge in [0.1, 0.15) is 0 Å². The number of aromatic nitrogens is 3. The SMILES string of the molecule is O=C(CCc1cccnc1)N1CCC(C(=O)O)(n2cccn2)CC1. The van der Waals surface area contributed by atoms with Crippen LogP contribution in [0.3, 0.4) is 0 Å². The highest BCUT2D eigenvalue weighted by Crippen LogP contribution is 2.30. The van der Waals surface area contributed by atoms with E-state index >= 15 is 0 Å². The highest BCUT2D eigenvalue weighted by Gasteiger charge is 2.44. The maximum absolute atomic E-state index is 12.4. The maximum Gasteiger partial charge on any atom is 0.331 e. The molecule has 2 aromatic rings. The van der Waals surface area contributed by atoms with Crippen molar-refractivity contribution in [2.45, 2.75) is 31.2 Å². The van der Waals surface area contributed by atoms with E-state index in [4.69, 9.17) is 0 Å². The number of carboxylic acid groups (broad SMARTS) is 1. The van der Waals surface area contributed by atoms with Crippen molar-refractivity contribution in [3.05, 3.63) is 48.5 Å². The van der Waals surface area contributed by atoms with Gasteiger partial charge in [0.2, 0.25) is 5.91 Å². The first kappa shape index (κ1) is 16.2. The number of likely N-dealkylation sites (tertiary alicyclic amines) is 1. The Labute approximate surface area is 139 Å². The molecule has 1 fully saturated rings. The molecule has 7 nitrogen and oxygen atoms in total. The molecule has 0 atom stereocenters. The van der Waals surface area contributed by atoms with E-state index in [0.717, 1.165) is 5.56 Å². The fraction of sp³-hybridized carbons (Fsp3) is 0.412. The number of hydrogen-bond donors (Lipinski definition) is 1. The fourth-order valence-corrected chi connectivity index (χ4v) is 3.14. The number of carboxylic acids is 1. The third kappa shape index (κ3) is 3.15. The molecular formula is C17H20N4O3. The van der Waals surface area contributed by atoms with Crippen molar-refractivity contribution in [3.63, 3.8) is 0 Å². The van der Waals surface area contributed by atoms with Crippen LogP contribution in [0.5, 0.6) is 0 Å². The lowest BCUT2D eigenvalue weighted by molar-refractivity contribution is -0.153. The van der Waals surface area contributed by atoms with Gasteiger partial charge in [0.15, 0.2) is 5.54 Å². The Hall–Kier alpha value is -2.70. The lowest BCUT2D eigenvalue weighted by Gasteiger charge is -2.39. The van der Waals surface area contributed by atoms with Crippen molar-refractivity contribution >= 4 is 11.9 Å². The number of carbonyl (C=O) groups excluding carboxylic acids is 1. The second-order valence-corrected chi connectivity index (χ2v) is 6.03. The number of nitrogens with zero attached hydrogens (tertiary/aromatic N) is 4. The van der Waals surface area contributed by atoms with E-state index in [1.807, 2.05) is 12.1 Å². The summed E-state index contributed by atoms with van der Waals surface area (Å²) in [6, 6.07) is 5.52. The first-order chi connectivity index (χ1) is 11.6.